The van der Waals surface area contributed by atoms with Gasteiger partial charge in [0.1, 0.15) is 18.4 Å². The largest absolute Gasteiger partial charge is 0.491 e. The number of fused-ring (bicyclic) bond motifs is 2. The Morgan fingerprint density at radius 3 is 2.07 bits per heavy atom. The van der Waals surface area contributed by atoms with E-state index < -0.39 is 29.7 Å². The van der Waals surface area contributed by atoms with E-state index in [1.165, 1.54) is 12.1 Å². The lowest BCUT2D eigenvalue weighted by Crippen LogP contribution is -2.54. The highest BCUT2D eigenvalue weighted by atomic mass is 16.6. The van der Waals surface area contributed by atoms with Gasteiger partial charge in [-0.2, -0.15) is 0 Å². The number of aromatic nitrogens is 1. The minimum Gasteiger partial charge on any atom is -0.491 e. The summed E-state index contributed by atoms with van der Waals surface area (Å²) in [5.74, 6) is -1.85. The van der Waals surface area contributed by atoms with Crippen molar-refractivity contribution in [2.75, 3.05) is 79.2 Å². The summed E-state index contributed by atoms with van der Waals surface area (Å²) in [6.45, 7) is 5.07. The normalized spacial score (nSPS) is 16.9. The molecule has 6 rings (SSSR count). The number of pyridine rings is 1. The van der Waals surface area contributed by atoms with Gasteiger partial charge in [0.05, 0.1) is 82.0 Å². The van der Waals surface area contributed by atoms with Crippen LogP contribution in [0.25, 0.3) is 5.57 Å². The number of hydrogen-bond acceptors (Lipinski definition) is 15. The fourth-order valence-electron chi connectivity index (χ4n) is 6.91. The van der Waals surface area contributed by atoms with Crippen LogP contribution in [0.2, 0.25) is 0 Å². The van der Waals surface area contributed by atoms with E-state index in [0.29, 0.717) is 89.6 Å². The highest BCUT2D eigenvalue weighted by Crippen LogP contribution is 2.31. The Balaban J connectivity index is 0.746. The highest BCUT2D eigenvalue weighted by molar-refractivity contribution is 6.30. The number of allylic oxidation sites excluding steroid dienone is 1. The topological polar surface area (TPSA) is 220 Å². The molecule has 4 amide bonds. The number of piperidine rings is 1. The number of oxime groups is 1. The Bertz CT molecular complexity index is 2060. The van der Waals surface area contributed by atoms with Crippen LogP contribution in [0.3, 0.4) is 0 Å². The molecule has 17 heteroatoms. The van der Waals surface area contributed by atoms with Crippen LogP contribution in [0.5, 0.6) is 5.75 Å². The van der Waals surface area contributed by atoms with Gasteiger partial charge in [0, 0.05) is 54.9 Å². The van der Waals surface area contributed by atoms with Crippen molar-refractivity contribution >= 4 is 40.6 Å². The molecule has 1 aromatic heterocycles. The van der Waals surface area contributed by atoms with E-state index in [2.05, 4.69) is 26.8 Å². The van der Waals surface area contributed by atoms with Crippen LogP contribution in [0.4, 0.5) is 0 Å². The number of ether oxygens (including phenoxy) is 6. The molecule has 2 aliphatic heterocycles. The number of carbonyl (C=O) groups is 4. The minimum atomic E-state index is -1.02. The fraction of sp³-hybridized carbons (Fsp3) is 0.419. The standard InChI is InChI=1S/C43H50N6O11/c44-40(29-10-13-45-14-11-29)36(31-2-5-33-30(26-31)3-7-37(33)48-54)28-46-12-1-15-55-16-17-56-18-19-57-20-21-58-22-23-59-24-25-60-32-4-6-34-35(27-32)43(53)49(42(34)52)38-8-9-39(50)47-41(38)51/h2,4-6,10-11,13-14,26-28,38,44,46,54H,1,3,7-9,12,15-25H2,(H,47,50,51)/b36-28-,44-40?,48-37+. The van der Waals surface area contributed by atoms with Crippen molar-refractivity contribution in [3.63, 3.8) is 0 Å². The van der Waals surface area contributed by atoms with Crippen LogP contribution in [0.15, 0.2) is 72.3 Å². The summed E-state index contributed by atoms with van der Waals surface area (Å²) < 4.78 is 33.6. The van der Waals surface area contributed by atoms with E-state index in [1.54, 1.807) is 18.5 Å². The number of carbonyl (C=O) groups excluding carboxylic acids is 4. The lowest BCUT2D eigenvalue weighted by Gasteiger charge is -2.27. The molecule has 3 aromatic rings. The second kappa shape index (κ2) is 22.5. The lowest BCUT2D eigenvalue weighted by molar-refractivity contribution is -0.136. The van der Waals surface area contributed by atoms with Gasteiger partial charge >= 0.3 is 0 Å². The third-order valence-electron chi connectivity index (χ3n) is 9.97. The zero-order chi connectivity index (χ0) is 42.1. The van der Waals surface area contributed by atoms with Gasteiger partial charge in [0.2, 0.25) is 11.8 Å². The average molecular weight is 827 g/mol. The average Bonchev–Trinajstić information content (AvgIpc) is 3.79. The van der Waals surface area contributed by atoms with Crippen LogP contribution >= 0.6 is 0 Å². The summed E-state index contributed by atoms with van der Waals surface area (Å²) in [6, 6.07) is 13.2. The molecule has 0 spiro atoms. The quantitative estimate of drug-likeness (QED) is 0.0318. The fourth-order valence-corrected chi connectivity index (χ4v) is 6.91. The van der Waals surface area contributed by atoms with Crippen LogP contribution in [-0.2, 0) is 39.7 Å². The van der Waals surface area contributed by atoms with Crippen LogP contribution in [-0.4, -0.2) is 135 Å². The Morgan fingerprint density at radius 2 is 1.40 bits per heavy atom. The van der Waals surface area contributed by atoms with E-state index in [0.717, 1.165) is 45.6 Å². The molecular weight excluding hydrogens is 777 g/mol. The number of hydrogen-bond donors (Lipinski definition) is 4. The van der Waals surface area contributed by atoms with Crippen LogP contribution < -0.4 is 15.4 Å². The molecule has 2 aromatic carbocycles. The van der Waals surface area contributed by atoms with Crippen molar-refractivity contribution in [3.8, 4) is 5.75 Å². The van der Waals surface area contributed by atoms with Crippen molar-refractivity contribution in [1.29, 1.82) is 5.41 Å². The van der Waals surface area contributed by atoms with E-state index >= 15 is 0 Å². The van der Waals surface area contributed by atoms with Gasteiger partial charge in [-0.05, 0) is 67.1 Å². The summed E-state index contributed by atoms with van der Waals surface area (Å²) >= 11 is 0. The molecule has 1 unspecified atom stereocenters. The number of rotatable bonds is 25. The summed E-state index contributed by atoms with van der Waals surface area (Å²) in [5.41, 5.74) is 5.91. The second-order valence-electron chi connectivity index (χ2n) is 14.0. The summed E-state index contributed by atoms with van der Waals surface area (Å²) in [6.07, 6.45) is 7.64. The van der Waals surface area contributed by atoms with Gasteiger partial charge < -0.3 is 38.9 Å². The molecule has 0 saturated carbocycles. The molecule has 60 heavy (non-hydrogen) atoms. The molecule has 318 valence electrons. The number of benzene rings is 2. The molecule has 4 N–H and O–H groups in total. The Labute approximate surface area is 347 Å². The number of aryl methyl sites for hydroxylation is 1. The Kier molecular flexibility index (Phi) is 16.4. The first kappa shape index (κ1) is 43.7. The molecule has 3 aliphatic rings. The first-order valence-corrected chi connectivity index (χ1v) is 20.0. The van der Waals surface area contributed by atoms with Gasteiger partial charge in [-0.1, -0.05) is 23.4 Å². The molecule has 1 saturated heterocycles. The maximum atomic E-state index is 13.0. The number of nitrogens with one attached hydrogen (secondary N) is 3. The first-order valence-electron chi connectivity index (χ1n) is 20.0. The molecule has 1 aliphatic carbocycles. The Hall–Kier alpha value is -5.85. The predicted molar refractivity (Wildman–Crippen MR) is 217 cm³/mol. The van der Waals surface area contributed by atoms with Gasteiger partial charge in [-0.15, -0.1) is 0 Å². The van der Waals surface area contributed by atoms with Gasteiger partial charge in [0.15, 0.2) is 0 Å². The SMILES string of the molecule is N=C(/C(=C\NCCCOCCOCCOCCOCCOCCOc1ccc2c(c1)C(=O)N(C1CCC(=O)NC1=O)C2=O)c1ccc2c(c1)CC/C2=N\O)c1ccncc1. The third kappa shape index (κ3) is 11.7. The summed E-state index contributed by atoms with van der Waals surface area (Å²) in [7, 11) is 0. The van der Waals surface area contributed by atoms with Crippen molar-refractivity contribution in [3.05, 3.63) is 101 Å². The van der Waals surface area contributed by atoms with Crippen molar-refractivity contribution in [2.45, 2.75) is 38.1 Å². The van der Waals surface area contributed by atoms with Crippen molar-refractivity contribution in [2.24, 2.45) is 5.16 Å². The maximum absolute atomic E-state index is 13.0. The molecular formula is C43H50N6O11. The van der Waals surface area contributed by atoms with Crippen molar-refractivity contribution < 1.29 is 52.8 Å². The van der Waals surface area contributed by atoms with Crippen molar-refractivity contribution in [1.82, 2.24) is 20.5 Å². The molecule has 17 nitrogen and oxygen atoms in total. The molecule has 1 atom stereocenters. The second-order valence-corrected chi connectivity index (χ2v) is 14.0. The smallest absolute Gasteiger partial charge is 0.262 e. The van der Waals surface area contributed by atoms with Gasteiger partial charge in [-0.25, -0.2) is 0 Å². The zero-order valence-electron chi connectivity index (χ0n) is 33.3. The van der Waals surface area contributed by atoms with Crippen LogP contribution in [0.1, 0.15) is 68.7 Å². The summed E-state index contributed by atoms with van der Waals surface area (Å²) in [5, 5.41) is 27.1. The van der Waals surface area contributed by atoms with Gasteiger partial charge in [-0.3, -0.25) is 39.8 Å². The third-order valence-corrected chi connectivity index (χ3v) is 9.97. The predicted octanol–water partition coefficient (Wildman–Crippen LogP) is 3.16. The summed E-state index contributed by atoms with van der Waals surface area (Å²) in [4.78, 5) is 54.5. The lowest BCUT2D eigenvalue weighted by atomic mass is 9.94. The maximum Gasteiger partial charge on any atom is 0.262 e. The first-order chi connectivity index (χ1) is 29.4. The van der Waals surface area contributed by atoms with E-state index in [1.807, 2.05) is 30.5 Å². The van der Waals surface area contributed by atoms with E-state index in [4.69, 9.17) is 33.8 Å². The molecule has 0 bridgehead atoms. The number of amides is 4. The Morgan fingerprint density at radius 1 is 0.767 bits per heavy atom. The minimum absolute atomic E-state index is 0.0570. The van der Waals surface area contributed by atoms with E-state index in [-0.39, 0.29) is 37.2 Å². The number of nitrogens with zero attached hydrogens (tertiary/aromatic N) is 3. The highest BCUT2D eigenvalue weighted by Gasteiger charge is 2.44. The molecule has 0 radical (unpaired) electrons. The zero-order valence-corrected chi connectivity index (χ0v) is 33.3. The van der Waals surface area contributed by atoms with Gasteiger partial charge in [0.25, 0.3) is 11.8 Å². The van der Waals surface area contributed by atoms with E-state index in [9.17, 15) is 24.4 Å². The number of imide groups is 2. The monoisotopic (exact) mass is 826 g/mol. The van der Waals surface area contributed by atoms with Crippen LogP contribution in [0, 0.1) is 5.41 Å². The molecule has 3 heterocycles. The molecule has 1 fully saturated rings.